The normalized spacial score (nSPS) is 18.8. The zero-order valence-corrected chi connectivity index (χ0v) is 16.5. The molecule has 0 saturated carbocycles. The molecule has 0 spiro atoms. The fraction of sp³-hybridized carbons (Fsp3) is 0.632. The predicted octanol–water partition coefficient (Wildman–Crippen LogP) is 1.86. The summed E-state index contributed by atoms with van der Waals surface area (Å²) >= 11 is 0. The van der Waals surface area contributed by atoms with Crippen LogP contribution >= 0.6 is 0 Å². The lowest BCUT2D eigenvalue weighted by Gasteiger charge is -2.31. The van der Waals surface area contributed by atoms with Crippen molar-refractivity contribution in [2.24, 2.45) is 5.92 Å². The SMILES string of the molecule is CCN1CCC(CCNC(=O)c2ccc3c(c2)N(S(C)(=O)=O)CC3)CC1. The molecule has 1 N–H and O–H groups in total. The maximum atomic E-state index is 12.5. The van der Waals surface area contributed by atoms with Crippen molar-refractivity contribution in [1.82, 2.24) is 10.2 Å². The highest BCUT2D eigenvalue weighted by molar-refractivity contribution is 7.92. The zero-order chi connectivity index (χ0) is 18.7. The first kappa shape index (κ1) is 19.2. The second-order valence-electron chi connectivity index (χ2n) is 7.35. The van der Waals surface area contributed by atoms with E-state index in [1.807, 2.05) is 6.07 Å². The molecule has 2 aliphatic heterocycles. The molecule has 1 aromatic carbocycles. The van der Waals surface area contributed by atoms with Crippen LogP contribution in [-0.4, -0.2) is 58.2 Å². The predicted molar refractivity (Wildman–Crippen MR) is 104 cm³/mol. The lowest BCUT2D eigenvalue weighted by atomic mass is 9.93. The summed E-state index contributed by atoms with van der Waals surface area (Å²) in [5, 5.41) is 3.00. The van der Waals surface area contributed by atoms with E-state index in [-0.39, 0.29) is 5.91 Å². The third-order valence-corrected chi connectivity index (χ3v) is 6.77. The minimum Gasteiger partial charge on any atom is -0.352 e. The minimum atomic E-state index is -3.30. The number of carbonyl (C=O) groups is 1. The van der Waals surface area contributed by atoms with E-state index in [4.69, 9.17) is 0 Å². The molecule has 0 unspecified atom stereocenters. The van der Waals surface area contributed by atoms with Gasteiger partial charge in [-0.1, -0.05) is 13.0 Å². The van der Waals surface area contributed by atoms with Crippen LogP contribution in [-0.2, 0) is 16.4 Å². The number of nitrogens with zero attached hydrogens (tertiary/aromatic N) is 2. The van der Waals surface area contributed by atoms with Crippen molar-refractivity contribution in [1.29, 1.82) is 0 Å². The van der Waals surface area contributed by atoms with Gasteiger partial charge in [0.05, 0.1) is 11.9 Å². The molecule has 7 heteroatoms. The highest BCUT2D eigenvalue weighted by Crippen LogP contribution is 2.31. The minimum absolute atomic E-state index is 0.126. The Morgan fingerprint density at radius 2 is 1.96 bits per heavy atom. The van der Waals surface area contributed by atoms with E-state index in [1.165, 1.54) is 23.4 Å². The maximum Gasteiger partial charge on any atom is 0.251 e. The van der Waals surface area contributed by atoms with E-state index in [9.17, 15) is 13.2 Å². The molecule has 0 aliphatic carbocycles. The summed E-state index contributed by atoms with van der Waals surface area (Å²) in [6.07, 6.45) is 5.31. The summed E-state index contributed by atoms with van der Waals surface area (Å²) in [6.45, 7) is 6.75. The van der Waals surface area contributed by atoms with Crippen LogP contribution in [0, 0.1) is 5.92 Å². The van der Waals surface area contributed by atoms with Crippen LogP contribution < -0.4 is 9.62 Å². The molecule has 0 aromatic heterocycles. The second kappa shape index (κ2) is 7.96. The molecule has 6 nitrogen and oxygen atoms in total. The molecule has 3 rings (SSSR count). The molecule has 26 heavy (non-hydrogen) atoms. The molecular formula is C19H29N3O3S. The zero-order valence-electron chi connectivity index (χ0n) is 15.7. The van der Waals surface area contributed by atoms with E-state index in [0.717, 1.165) is 31.6 Å². The van der Waals surface area contributed by atoms with Gasteiger partial charge in [0.25, 0.3) is 5.91 Å². The standard InChI is InChI=1S/C19H29N3O3S/c1-3-21-11-7-15(8-12-21)6-10-20-19(23)17-5-4-16-9-13-22(18(16)14-17)26(2,24)25/h4-5,14-15H,3,6-13H2,1-2H3,(H,20,23). The number of piperidine rings is 1. The highest BCUT2D eigenvalue weighted by Gasteiger charge is 2.27. The van der Waals surface area contributed by atoms with Gasteiger partial charge in [-0.2, -0.15) is 0 Å². The number of carbonyl (C=O) groups excluding carboxylic acids is 1. The Kier molecular flexibility index (Phi) is 5.87. The van der Waals surface area contributed by atoms with Gasteiger partial charge in [-0.3, -0.25) is 9.10 Å². The Balaban J connectivity index is 1.54. The third kappa shape index (κ3) is 4.38. The third-order valence-electron chi connectivity index (χ3n) is 5.59. The Morgan fingerprint density at radius 1 is 1.23 bits per heavy atom. The van der Waals surface area contributed by atoms with E-state index in [0.29, 0.717) is 36.7 Å². The molecular weight excluding hydrogens is 350 g/mol. The number of amides is 1. The second-order valence-corrected chi connectivity index (χ2v) is 9.26. The molecule has 2 aliphatic rings. The Morgan fingerprint density at radius 3 is 2.62 bits per heavy atom. The fourth-order valence-corrected chi connectivity index (χ4v) is 4.87. The van der Waals surface area contributed by atoms with Gasteiger partial charge in [-0.15, -0.1) is 0 Å². The first-order valence-electron chi connectivity index (χ1n) is 9.49. The van der Waals surface area contributed by atoms with Crippen LogP contribution in [0.5, 0.6) is 0 Å². The lowest BCUT2D eigenvalue weighted by Crippen LogP contribution is -2.35. The van der Waals surface area contributed by atoms with Crippen molar-refractivity contribution < 1.29 is 13.2 Å². The quantitative estimate of drug-likeness (QED) is 0.819. The number of sulfonamides is 1. The van der Waals surface area contributed by atoms with Crippen molar-refractivity contribution in [2.75, 3.05) is 43.3 Å². The van der Waals surface area contributed by atoms with Gasteiger partial charge in [-0.05, 0) is 68.9 Å². The summed E-state index contributed by atoms with van der Waals surface area (Å²) < 4.78 is 25.2. The van der Waals surface area contributed by atoms with Crippen LogP contribution in [0.25, 0.3) is 0 Å². The molecule has 2 heterocycles. The monoisotopic (exact) mass is 379 g/mol. The highest BCUT2D eigenvalue weighted by atomic mass is 32.2. The Bertz CT molecular complexity index is 755. The Hall–Kier alpha value is -1.60. The summed E-state index contributed by atoms with van der Waals surface area (Å²) in [5.74, 6) is 0.554. The van der Waals surface area contributed by atoms with Gasteiger partial charge < -0.3 is 10.2 Å². The number of rotatable bonds is 6. The number of nitrogens with one attached hydrogen (secondary N) is 1. The van der Waals surface area contributed by atoms with Gasteiger partial charge in [0.1, 0.15) is 0 Å². The maximum absolute atomic E-state index is 12.5. The van der Waals surface area contributed by atoms with E-state index < -0.39 is 10.0 Å². The Labute approximate surface area is 156 Å². The first-order chi connectivity index (χ1) is 12.4. The van der Waals surface area contributed by atoms with E-state index >= 15 is 0 Å². The van der Waals surface area contributed by atoms with Gasteiger partial charge in [0.2, 0.25) is 10.0 Å². The summed E-state index contributed by atoms with van der Waals surface area (Å²) in [7, 11) is -3.30. The van der Waals surface area contributed by atoms with E-state index in [1.54, 1.807) is 12.1 Å². The van der Waals surface area contributed by atoms with Crippen LogP contribution in [0.1, 0.15) is 42.1 Å². The average molecular weight is 380 g/mol. The molecule has 1 aromatic rings. The van der Waals surface area contributed by atoms with Crippen molar-refractivity contribution in [2.45, 2.75) is 32.6 Å². The molecule has 0 bridgehead atoms. The number of anilines is 1. The number of benzene rings is 1. The number of likely N-dealkylation sites (tertiary alicyclic amines) is 1. The lowest BCUT2D eigenvalue weighted by molar-refractivity contribution is 0.0948. The van der Waals surface area contributed by atoms with Gasteiger partial charge in [0.15, 0.2) is 0 Å². The molecule has 1 amide bonds. The summed E-state index contributed by atoms with van der Waals surface area (Å²) in [5.41, 5.74) is 2.15. The van der Waals surface area contributed by atoms with E-state index in [2.05, 4.69) is 17.1 Å². The number of fused-ring (bicyclic) bond motifs is 1. The molecule has 0 radical (unpaired) electrons. The number of hydrogen-bond donors (Lipinski definition) is 1. The van der Waals surface area contributed by atoms with Gasteiger partial charge in [0, 0.05) is 18.7 Å². The van der Waals surface area contributed by atoms with Crippen molar-refractivity contribution in [3.05, 3.63) is 29.3 Å². The largest absolute Gasteiger partial charge is 0.352 e. The molecule has 0 atom stereocenters. The van der Waals surface area contributed by atoms with Gasteiger partial charge in [-0.25, -0.2) is 8.42 Å². The van der Waals surface area contributed by atoms with Crippen LogP contribution in [0.3, 0.4) is 0 Å². The molecule has 144 valence electrons. The van der Waals surface area contributed by atoms with Crippen LogP contribution in [0.4, 0.5) is 5.69 Å². The first-order valence-corrected chi connectivity index (χ1v) is 11.3. The van der Waals surface area contributed by atoms with Crippen LogP contribution in [0.15, 0.2) is 18.2 Å². The molecule has 1 saturated heterocycles. The van der Waals surface area contributed by atoms with Gasteiger partial charge >= 0.3 is 0 Å². The molecule has 1 fully saturated rings. The van der Waals surface area contributed by atoms with Crippen molar-refractivity contribution in [3.8, 4) is 0 Å². The van der Waals surface area contributed by atoms with Crippen LogP contribution in [0.2, 0.25) is 0 Å². The average Bonchev–Trinajstić information content (AvgIpc) is 3.05. The smallest absolute Gasteiger partial charge is 0.251 e. The fourth-order valence-electron chi connectivity index (χ4n) is 3.92. The van der Waals surface area contributed by atoms with Crippen molar-refractivity contribution in [3.63, 3.8) is 0 Å². The topological polar surface area (TPSA) is 69.7 Å². The summed E-state index contributed by atoms with van der Waals surface area (Å²) in [6, 6.07) is 5.37. The van der Waals surface area contributed by atoms with Crippen molar-refractivity contribution >= 4 is 21.6 Å². The number of hydrogen-bond acceptors (Lipinski definition) is 4. The summed E-state index contributed by atoms with van der Waals surface area (Å²) in [4.78, 5) is 14.9.